The zero-order valence-corrected chi connectivity index (χ0v) is 14.1. The highest BCUT2D eigenvalue weighted by atomic mass is 16.5. The Morgan fingerprint density at radius 3 is 2.65 bits per heavy atom. The molecule has 0 aromatic heterocycles. The molecule has 2 aliphatic heterocycles. The van der Waals surface area contributed by atoms with E-state index in [4.69, 9.17) is 9.47 Å². The first-order valence-electron chi connectivity index (χ1n) is 8.38. The van der Waals surface area contributed by atoms with Gasteiger partial charge in [-0.2, -0.15) is 0 Å². The van der Waals surface area contributed by atoms with Gasteiger partial charge < -0.3 is 19.3 Å². The van der Waals surface area contributed by atoms with E-state index >= 15 is 0 Å². The normalized spacial score (nSPS) is 26.1. The first-order chi connectivity index (χ1) is 11.1. The molecule has 0 saturated carbocycles. The molecule has 23 heavy (non-hydrogen) atoms. The van der Waals surface area contributed by atoms with Gasteiger partial charge in [-0.1, -0.05) is 0 Å². The molecule has 0 aliphatic carbocycles. The van der Waals surface area contributed by atoms with Crippen molar-refractivity contribution >= 4 is 5.91 Å². The van der Waals surface area contributed by atoms with Crippen molar-refractivity contribution in [3.8, 4) is 5.75 Å². The van der Waals surface area contributed by atoms with Crippen LogP contribution in [0.15, 0.2) is 24.3 Å². The SMILES string of the molecule is COc1ccc(C(=O)N2CCCC3(CC2)CN(C)CCO3)cc1. The Bertz CT molecular complexity index is 546. The van der Waals surface area contributed by atoms with Gasteiger partial charge in [-0.05, 0) is 50.6 Å². The molecule has 1 unspecified atom stereocenters. The Morgan fingerprint density at radius 2 is 1.96 bits per heavy atom. The third-order valence-corrected chi connectivity index (χ3v) is 4.96. The van der Waals surface area contributed by atoms with Crippen LogP contribution >= 0.6 is 0 Å². The number of amides is 1. The van der Waals surface area contributed by atoms with Crippen LogP contribution < -0.4 is 4.74 Å². The fourth-order valence-corrected chi connectivity index (χ4v) is 3.62. The second kappa shape index (κ2) is 6.89. The molecule has 0 bridgehead atoms. The van der Waals surface area contributed by atoms with Crippen LogP contribution in [0.3, 0.4) is 0 Å². The molecule has 0 N–H and O–H groups in total. The second-order valence-electron chi connectivity index (χ2n) is 6.64. The minimum atomic E-state index is -0.0675. The molecule has 2 saturated heterocycles. The number of hydrogen-bond acceptors (Lipinski definition) is 4. The lowest BCUT2D eigenvalue weighted by Gasteiger charge is -2.41. The molecule has 1 amide bonds. The van der Waals surface area contributed by atoms with E-state index in [2.05, 4.69) is 11.9 Å². The lowest BCUT2D eigenvalue weighted by atomic mass is 9.93. The molecule has 5 nitrogen and oxygen atoms in total. The molecule has 1 atom stereocenters. The van der Waals surface area contributed by atoms with Crippen LogP contribution in [0.4, 0.5) is 0 Å². The van der Waals surface area contributed by atoms with E-state index in [-0.39, 0.29) is 11.5 Å². The number of ether oxygens (including phenoxy) is 2. The van der Waals surface area contributed by atoms with Gasteiger partial charge in [-0.25, -0.2) is 0 Å². The van der Waals surface area contributed by atoms with E-state index < -0.39 is 0 Å². The average molecular weight is 318 g/mol. The van der Waals surface area contributed by atoms with Crippen LogP contribution in [0.1, 0.15) is 29.6 Å². The van der Waals surface area contributed by atoms with Gasteiger partial charge in [-0.3, -0.25) is 4.79 Å². The number of hydrogen-bond donors (Lipinski definition) is 0. The van der Waals surface area contributed by atoms with Crippen molar-refractivity contribution in [2.24, 2.45) is 0 Å². The Morgan fingerprint density at radius 1 is 1.17 bits per heavy atom. The van der Waals surface area contributed by atoms with Gasteiger partial charge >= 0.3 is 0 Å². The smallest absolute Gasteiger partial charge is 0.253 e. The summed E-state index contributed by atoms with van der Waals surface area (Å²) in [5.41, 5.74) is 0.658. The predicted molar refractivity (Wildman–Crippen MR) is 88.9 cm³/mol. The molecule has 0 radical (unpaired) electrons. The van der Waals surface area contributed by atoms with Crippen LogP contribution in [0.5, 0.6) is 5.75 Å². The first-order valence-corrected chi connectivity index (χ1v) is 8.38. The summed E-state index contributed by atoms with van der Waals surface area (Å²) in [6, 6.07) is 7.36. The maximum Gasteiger partial charge on any atom is 0.253 e. The maximum absolute atomic E-state index is 12.7. The zero-order chi connectivity index (χ0) is 16.3. The van der Waals surface area contributed by atoms with Crippen molar-refractivity contribution in [3.63, 3.8) is 0 Å². The number of rotatable bonds is 2. The predicted octanol–water partition coefficient (Wildman–Crippen LogP) is 2.02. The van der Waals surface area contributed by atoms with E-state index in [1.807, 2.05) is 29.2 Å². The molecular formula is C18H26N2O3. The molecule has 5 heteroatoms. The van der Waals surface area contributed by atoms with E-state index in [9.17, 15) is 4.79 Å². The largest absolute Gasteiger partial charge is 0.497 e. The van der Waals surface area contributed by atoms with E-state index in [0.29, 0.717) is 0 Å². The van der Waals surface area contributed by atoms with Crippen LogP contribution in [0.2, 0.25) is 0 Å². The fourth-order valence-electron chi connectivity index (χ4n) is 3.62. The van der Waals surface area contributed by atoms with Crippen LogP contribution in [0, 0.1) is 0 Å². The molecule has 2 heterocycles. The van der Waals surface area contributed by atoms with Gasteiger partial charge in [0.25, 0.3) is 5.91 Å². The number of morpholine rings is 1. The number of nitrogens with zero attached hydrogens (tertiary/aromatic N) is 2. The van der Waals surface area contributed by atoms with E-state index in [1.54, 1.807) is 7.11 Å². The Labute approximate surface area is 138 Å². The quantitative estimate of drug-likeness (QED) is 0.837. The lowest BCUT2D eigenvalue weighted by molar-refractivity contribution is -0.110. The second-order valence-corrected chi connectivity index (χ2v) is 6.64. The van der Waals surface area contributed by atoms with Gasteiger partial charge in [0, 0.05) is 31.7 Å². The number of carbonyl (C=O) groups is 1. The highest BCUT2D eigenvalue weighted by Gasteiger charge is 2.37. The molecule has 1 aromatic rings. The van der Waals surface area contributed by atoms with Gasteiger partial charge in [0.05, 0.1) is 19.3 Å². The van der Waals surface area contributed by atoms with Crippen molar-refractivity contribution in [3.05, 3.63) is 29.8 Å². The third kappa shape index (κ3) is 3.67. The van der Waals surface area contributed by atoms with Crippen molar-refractivity contribution in [2.75, 3.05) is 46.9 Å². The van der Waals surface area contributed by atoms with E-state index in [1.165, 1.54) is 0 Å². The summed E-state index contributed by atoms with van der Waals surface area (Å²) in [6.07, 6.45) is 2.94. The summed E-state index contributed by atoms with van der Waals surface area (Å²) in [4.78, 5) is 17.0. The maximum atomic E-state index is 12.7. The Balaban J connectivity index is 1.66. The standard InChI is InChI=1S/C18H26N2O3/c1-19-12-13-23-18(14-19)8-3-10-20(11-9-18)17(21)15-4-6-16(22-2)7-5-15/h4-7H,3,8-14H2,1-2H3. The number of benzene rings is 1. The van der Waals surface area contributed by atoms with Crippen LogP contribution in [-0.4, -0.2) is 68.3 Å². The summed E-state index contributed by atoms with van der Waals surface area (Å²) in [6.45, 7) is 4.33. The number of likely N-dealkylation sites (tertiary alicyclic amines) is 1. The first kappa shape index (κ1) is 16.3. The summed E-state index contributed by atoms with van der Waals surface area (Å²) in [5.74, 6) is 0.879. The van der Waals surface area contributed by atoms with Crippen molar-refractivity contribution < 1.29 is 14.3 Å². The highest BCUT2D eigenvalue weighted by molar-refractivity contribution is 5.94. The monoisotopic (exact) mass is 318 g/mol. The zero-order valence-electron chi connectivity index (χ0n) is 14.1. The van der Waals surface area contributed by atoms with Gasteiger partial charge in [0.2, 0.25) is 0 Å². The summed E-state index contributed by atoms with van der Waals surface area (Å²) in [5, 5.41) is 0. The number of likely N-dealkylation sites (N-methyl/N-ethyl adjacent to an activating group) is 1. The van der Waals surface area contributed by atoms with Crippen molar-refractivity contribution in [2.45, 2.75) is 24.9 Å². The number of carbonyl (C=O) groups excluding carboxylic acids is 1. The van der Waals surface area contributed by atoms with Crippen molar-refractivity contribution in [1.82, 2.24) is 9.80 Å². The average Bonchev–Trinajstić information content (AvgIpc) is 2.77. The molecule has 126 valence electrons. The minimum absolute atomic E-state index is 0.0675. The summed E-state index contributed by atoms with van der Waals surface area (Å²) in [7, 11) is 3.78. The molecule has 2 aliphatic rings. The lowest BCUT2D eigenvalue weighted by Crippen LogP contribution is -2.50. The van der Waals surface area contributed by atoms with Crippen LogP contribution in [0.25, 0.3) is 0 Å². The van der Waals surface area contributed by atoms with Gasteiger partial charge in [-0.15, -0.1) is 0 Å². The molecular weight excluding hydrogens is 292 g/mol. The van der Waals surface area contributed by atoms with Crippen molar-refractivity contribution in [1.29, 1.82) is 0 Å². The fraction of sp³-hybridized carbons (Fsp3) is 0.611. The summed E-state index contributed by atoms with van der Waals surface area (Å²) < 4.78 is 11.3. The van der Waals surface area contributed by atoms with Gasteiger partial charge in [0.15, 0.2) is 0 Å². The molecule has 2 fully saturated rings. The Kier molecular flexibility index (Phi) is 4.87. The van der Waals surface area contributed by atoms with Crippen LogP contribution in [-0.2, 0) is 4.74 Å². The molecule has 1 spiro atoms. The molecule has 1 aromatic carbocycles. The van der Waals surface area contributed by atoms with Gasteiger partial charge in [0.1, 0.15) is 5.75 Å². The third-order valence-electron chi connectivity index (χ3n) is 4.96. The summed E-state index contributed by atoms with van der Waals surface area (Å²) >= 11 is 0. The minimum Gasteiger partial charge on any atom is -0.497 e. The number of methoxy groups -OCH3 is 1. The Hall–Kier alpha value is -1.59. The highest BCUT2D eigenvalue weighted by Crippen LogP contribution is 2.30. The van der Waals surface area contributed by atoms with E-state index in [0.717, 1.165) is 63.4 Å². The molecule has 3 rings (SSSR count). The topological polar surface area (TPSA) is 42.0 Å².